The minimum absolute atomic E-state index is 0.178. The number of rotatable bonds is 37. The molecule has 4 amide bonds. The molecule has 3 aliphatic heterocycles. The van der Waals surface area contributed by atoms with E-state index >= 15 is 0 Å². The number of anilines is 16. The summed E-state index contributed by atoms with van der Waals surface area (Å²) in [7, 11) is 30.5. The van der Waals surface area contributed by atoms with Crippen LogP contribution in [-0.4, -0.2) is 283 Å². The van der Waals surface area contributed by atoms with E-state index in [1.807, 2.05) is 163 Å². The second-order valence-electron chi connectivity index (χ2n) is 36.3. The minimum atomic E-state index is -0.527. The van der Waals surface area contributed by atoms with Crippen molar-refractivity contribution in [2.75, 3.05) is 226 Å². The smallest absolute Gasteiger partial charge is 0.247 e. The second-order valence-corrected chi connectivity index (χ2v) is 37.5. The summed E-state index contributed by atoms with van der Waals surface area (Å²) in [5.74, 6) is 1.77. The summed E-state index contributed by atoms with van der Waals surface area (Å²) in [6.07, 6.45) is 32.0. The standard InChI is InChI=1S/C29H38ClN9O2.C27H34ClN7O2.C24H30ClN7O2.C24H30FN7O2/c1-5-27(40)34-23-14-24(26(41-4)15-25(23)38-12-8-20(9-13-38)37(2)3)35-29-32-17-22(30)28(36-29)19-16-33-39(18-19)21-6-10-31-11-7-21;1-7-25(36)30-21-12-22(24(37-6)13-23(21)35-10-8-18(9-11-35)33(3)4)31-27-29-14-20(28)26(32-27)19-16-34(5)15-17(19)2;1-7-22(33)28-18-10-19(21(34-6)11-20(18)32(5)9-8-31(3)4)29-24-27-14-17(25)23(30-24)16-13-26-12-15(16)2;1-7-22(33)27-18-12-19(21(34-6)13-20(18)32(5)11-10-30(2)3)28-24-26-14-17(25)23(29-24)16-8-9-31(4)15-16/h5,14-18,20-21,31H,1,6-13H2,2-4H3,(H,34,40)(H,32,35,36);7,12-16,18H,1,8-11H2,2-6H3,(H,30,36)(H,29,31,32);7,10-14,26H,1,8-9H2,2-6H3,(H,28,33)(H,27,29,30);7-9,12-15H,1,10-11H2,2-6H3,(H,27,33)(H,26,28,29). The largest absolute Gasteiger partial charge is 0.494 e. The lowest BCUT2D eigenvalue weighted by Gasteiger charge is -2.37. The summed E-state index contributed by atoms with van der Waals surface area (Å²) < 4.78 is 42.9. The highest BCUT2D eigenvalue weighted by Crippen LogP contribution is 2.46. The number of H-pyrrole nitrogens is 1. The summed E-state index contributed by atoms with van der Waals surface area (Å²) in [6, 6.07) is 18.0. The van der Waals surface area contributed by atoms with Crippen LogP contribution >= 0.6 is 34.8 Å². The highest BCUT2D eigenvalue weighted by molar-refractivity contribution is 6.34. The number of nitrogens with zero attached hydrogens (tertiary/aromatic N) is 20. The molecular formula is C104H132Cl3FN30O8. The van der Waals surface area contributed by atoms with Crippen LogP contribution in [0, 0.1) is 19.7 Å². The van der Waals surface area contributed by atoms with E-state index in [2.05, 4.69) is 182 Å². The Hall–Kier alpha value is -14.7. The van der Waals surface area contributed by atoms with Crippen LogP contribution in [0.4, 0.5) is 96.4 Å². The molecule has 10 N–H and O–H groups in total. The Labute approximate surface area is 867 Å². The molecule has 12 aromatic rings. The van der Waals surface area contributed by atoms with Gasteiger partial charge in [-0.3, -0.25) is 23.9 Å². The Morgan fingerprint density at radius 1 is 0.445 bits per heavy atom. The van der Waals surface area contributed by atoms with E-state index in [0.29, 0.717) is 142 Å². The Morgan fingerprint density at radius 3 is 1.21 bits per heavy atom. The summed E-state index contributed by atoms with van der Waals surface area (Å²) in [5.41, 5.74) is 15.5. The van der Waals surface area contributed by atoms with Crippen molar-refractivity contribution >= 4 is 150 Å². The zero-order valence-electron chi connectivity index (χ0n) is 86.0. The van der Waals surface area contributed by atoms with Crippen molar-refractivity contribution in [2.24, 2.45) is 14.1 Å². The van der Waals surface area contributed by atoms with E-state index in [1.165, 1.54) is 24.3 Å². The first-order valence-electron chi connectivity index (χ1n) is 47.5. The molecule has 774 valence electrons. The Kier molecular flexibility index (Phi) is 39.0. The average molecular weight is 2060 g/mol. The third-order valence-corrected chi connectivity index (χ3v) is 25.8. The van der Waals surface area contributed by atoms with Gasteiger partial charge in [0.25, 0.3) is 0 Å². The van der Waals surface area contributed by atoms with Crippen LogP contribution in [0.3, 0.4) is 0 Å². The SMILES string of the molecule is C=CC(=O)Nc1cc(Nc2ncc(Cl)c(-c3c[nH]cc3C)n2)c(OC)cc1N(C)CCN(C)C.C=CC(=O)Nc1cc(Nc2ncc(Cl)c(-c3cn(C)cc3C)n2)c(OC)cc1N1CCC(N(C)C)CC1.C=CC(=O)Nc1cc(Nc2ncc(Cl)c(-c3cnn(C4CCNCC4)c3)n2)c(OC)cc1N1CCC(N(C)C)CC1.C=CC(=O)Nc1cc(Nc2ncc(F)c(-c3ccn(C)c3)n2)c(OC)cc1N(C)CCN(C)C. The van der Waals surface area contributed by atoms with E-state index in [9.17, 15) is 23.6 Å². The van der Waals surface area contributed by atoms with Gasteiger partial charge in [-0.1, -0.05) is 61.1 Å². The number of nitrogens with one attached hydrogen (secondary N) is 10. The minimum Gasteiger partial charge on any atom is -0.494 e. The number of hydrogen-bond acceptors (Lipinski definition) is 30. The van der Waals surface area contributed by atoms with Crippen molar-refractivity contribution in [2.45, 2.75) is 70.5 Å². The number of aromatic amines is 1. The van der Waals surface area contributed by atoms with Gasteiger partial charge >= 0.3 is 0 Å². The molecule has 3 saturated heterocycles. The number of halogens is 4. The fraction of sp³-hybridized carbons (Fsp3) is 0.356. The van der Waals surface area contributed by atoms with Gasteiger partial charge in [-0.25, -0.2) is 44.3 Å². The molecule has 0 saturated carbocycles. The summed E-state index contributed by atoms with van der Waals surface area (Å²) >= 11 is 19.4. The van der Waals surface area contributed by atoms with Gasteiger partial charge in [0, 0.05) is 183 Å². The van der Waals surface area contributed by atoms with Crippen molar-refractivity contribution in [1.82, 2.24) is 88.7 Å². The zero-order valence-corrected chi connectivity index (χ0v) is 88.3. The number of benzene rings is 4. The normalized spacial score (nSPS) is 13.2. The number of carbonyl (C=O) groups is 4. The quantitative estimate of drug-likeness (QED) is 0.0162. The third kappa shape index (κ3) is 28.9. The lowest BCUT2D eigenvalue weighted by Crippen LogP contribution is -2.42. The van der Waals surface area contributed by atoms with E-state index in [4.69, 9.17) is 58.7 Å². The molecule has 3 fully saturated rings. The van der Waals surface area contributed by atoms with E-state index in [0.717, 1.165) is 161 Å². The maximum Gasteiger partial charge on any atom is 0.247 e. The molecule has 0 atom stereocenters. The maximum absolute atomic E-state index is 14.4. The van der Waals surface area contributed by atoms with Gasteiger partial charge < -0.3 is 120 Å². The van der Waals surface area contributed by atoms with Gasteiger partial charge in [0.05, 0.1) is 166 Å². The number of hydrogen-bond donors (Lipinski definition) is 10. The van der Waals surface area contributed by atoms with Gasteiger partial charge in [0.15, 0.2) is 5.82 Å². The molecule has 11 heterocycles. The van der Waals surface area contributed by atoms with Gasteiger partial charge in [0.2, 0.25) is 47.4 Å². The third-order valence-electron chi connectivity index (χ3n) is 24.9. The average Bonchev–Trinajstić information content (AvgIpc) is 0.911. The lowest BCUT2D eigenvalue weighted by molar-refractivity contribution is -0.112. The number of aryl methyl sites for hydroxylation is 4. The zero-order chi connectivity index (χ0) is 105. The molecule has 38 nitrogen and oxygen atoms in total. The number of methoxy groups -OCH3 is 4. The van der Waals surface area contributed by atoms with Crippen LogP contribution in [0.25, 0.3) is 45.0 Å². The first-order chi connectivity index (χ1) is 70.0. The van der Waals surface area contributed by atoms with Crippen molar-refractivity contribution < 1.29 is 42.5 Å². The first kappa shape index (κ1) is 110. The maximum atomic E-state index is 14.4. The van der Waals surface area contributed by atoms with Crippen molar-refractivity contribution in [1.29, 1.82) is 0 Å². The van der Waals surface area contributed by atoms with Gasteiger partial charge in [0.1, 0.15) is 28.7 Å². The first-order valence-corrected chi connectivity index (χ1v) is 48.6. The number of ether oxygens (including phenoxy) is 4. The number of aromatic nitrogens is 13. The van der Waals surface area contributed by atoms with Crippen LogP contribution in [0.1, 0.15) is 55.7 Å². The van der Waals surface area contributed by atoms with Gasteiger partial charge in [-0.15, -0.1) is 0 Å². The molecular weight excluding hydrogens is 1920 g/mol. The number of carbonyl (C=O) groups excluding carboxylic acids is 4. The van der Waals surface area contributed by atoms with Gasteiger partial charge in [-0.2, -0.15) is 5.10 Å². The highest BCUT2D eigenvalue weighted by atomic mass is 35.5. The van der Waals surface area contributed by atoms with Crippen LogP contribution in [-0.2, 0) is 33.3 Å². The molecule has 42 heteroatoms. The van der Waals surface area contributed by atoms with Crippen LogP contribution < -0.4 is 86.4 Å². The summed E-state index contributed by atoms with van der Waals surface area (Å²) in [5, 5.41) is 33.8. The molecule has 0 radical (unpaired) electrons. The monoisotopic (exact) mass is 2050 g/mol. The summed E-state index contributed by atoms with van der Waals surface area (Å²) in [4.78, 5) is 105. The fourth-order valence-electron chi connectivity index (χ4n) is 16.8. The van der Waals surface area contributed by atoms with Crippen molar-refractivity contribution in [3.8, 4) is 68.0 Å². The van der Waals surface area contributed by atoms with E-state index < -0.39 is 5.82 Å². The van der Waals surface area contributed by atoms with Crippen LogP contribution in [0.15, 0.2) is 180 Å². The molecule has 3 aliphatic rings. The predicted octanol–water partition coefficient (Wildman–Crippen LogP) is 17.0. The topological polar surface area (TPSA) is 386 Å². The lowest BCUT2D eigenvalue weighted by atomic mass is 10.0. The number of likely N-dealkylation sites (N-methyl/N-ethyl adjacent to an activating group) is 4. The van der Waals surface area contributed by atoms with Gasteiger partial charge in [-0.05, 0) is 188 Å². The molecule has 4 aromatic carbocycles. The molecule has 15 rings (SSSR count). The summed E-state index contributed by atoms with van der Waals surface area (Å²) in [6.45, 7) is 26.9. The van der Waals surface area contributed by atoms with Crippen LogP contribution in [0.5, 0.6) is 23.0 Å². The fourth-order valence-corrected chi connectivity index (χ4v) is 17.4. The number of amides is 4. The Balaban J connectivity index is 0.000000174. The number of piperidine rings is 3. The van der Waals surface area contributed by atoms with Crippen molar-refractivity contribution in [3.63, 3.8) is 0 Å². The van der Waals surface area contributed by atoms with Crippen LogP contribution in [0.2, 0.25) is 15.1 Å². The predicted molar refractivity (Wildman–Crippen MR) is 585 cm³/mol. The second kappa shape index (κ2) is 51.7. The van der Waals surface area contributed by atoms with E-state index in [-0.39, 0.29) is 35.3 Å². The van der Waals surface area contributed by atoms with E-state index in [1.54, 1.807) is 77.6 Å². The molecule has 0 spiro atoms. The van der Waals surface area contributed by atoms with Crippen molar-refractivity contribution in [3.05, 3.63) is 212 Å². The molecule has 146 heavy (non-hydrogen) atoms. The molecule has 0 aliphatic carbocycles. The highest BCUT2D eigenvalue weighted by Gasteiger charge is 2.30. The molecule has 8 aromatic heterocycles. The Morgan fingerprint density at radius 2 is 0.836 bits per heavy atom. The molecule has 0 bridgehead atoms. The molecule has 0 unspecified atom stereocenters. The Bertz CT molecular complexity index is 6580.